The van der Waals surface area contributed by atoms with Crippen LogP contribution in [0.1, 0.15) is 19.4 Å². The Balaban J connectivity index is 0.00000400. The molecule has 0 bridgehead atoms. The molecule has 0 fully saturated rings. The zero-order valence-electron chi connectivity index (χ0n) is 26.8. The topological polar surface area (TPSA) is 92.0 Å². The molecule has 0 aliphatic heterocycles. The van der Waals surface area contributed by atoms with Crippen LogP contribution in [0.4, 0.5) is 0 Å². The molecule has 0 aliphatic carbocycles. The van der Waals surface area contributed by atoms with Crippen molar-refractivity contribution in [3.8, 4) is 5.75 Å². The van der Waals surface area contributed by atoms with E-state index in [4.69, 9.17) is 34.7 Å². The smallest absolute Gasteiger partial charge is 1.00 e. The summed E-state index contributed by atoms with van der Waals surface area (Å²) >= 11 is 10.6. The molecular formula is C35H38BrCuN6O2PS2. The molecule has 0 amide bonds. The van der Waals surface area contributed by atoms with Crippen molar-refractivity contribution in [2.45, 2.75) is 13.8 Å². The number of benzene rings is 4. The molecule has 13 heteroatoms. The van der Waals surface area contributed by atoms with Crippen LogP contribution >= 0.6 is 7.26 Å². The molecule has 0 saturated heterocycles. The average Bonchev–Trinajstić information content (AvgIpc) is 3.11. The van der Waals surface area contributed by atoms with Crippen LogP contribution in [0.5, 0.6) is 5.75 Å². The van der Waals surface area contributed by atoms with Gasteiger partial charge in [0.05, 0.1) is 18.9 Å². The fraction of sp³-hybridized carbons (Fsp3) is 0.200. The first-order valence-electron chi connectivity index (χ1n) is 14.9. The number of hydrogen-bond acceptors (Lipinski definition) is 8. The Bertz CT molecular complexity index is 1550. The van der Waals surface area contributed by atoms with Crippen molar-refractivity contribution in [2.75, 3.05) is 33.2 Å². The van der Waals surface area contributed by atoms with Crippen molar-refractivity contribution in [2.24, 2.45) is 20.4 Å². The number of nitrogens with zero attached hydrogens (tertiary/aromatic N) is 4. The van der Waals surface area contributed by atoms with Crippen molar-refractivity contribution in [3.63, 3.8) is 0 Å². The third kappa shape index (κ3) is 11.4. The molecule has 4 aromatic carbocycles. The zero-order valence-corrected chi connectivity index (χ0v) is 31.9. The van der Waals surface area contributed by atoms with E-state index in [1.165, 1.54) is 15.9 Å². The molecule has 8 nitrogen and oxygen atoms in total. The van der Waals surface area contributed by atoms with Crippen molar-refractivity contribution < 1.29 is 43.5 Å². The van der Waals surface area contributed by atoms with Gasteiger partial charge < -0.3 is 62.3 Å². The van der Waals surface area contributed by atoms with Crippen LogP contribution in [-0.4, -0.2) is 54.9 Å². The van der Waals surface area contributed by atoms with Crippen LogP contribution in [0.25, 0.3) is 0 Å². The van der Waals surface area contributed by atoms with E-state index in [9.17, 15) is 0 Å². The predicted octanol–water partition coefficient (Wildman–Crippen LogP) is 1.75. The third-order valence-electron chi connectivity index (χ3n) is 6.93. The van der Waals surface area contributed by atoms with E-state index in [1.54, 1.807) is 14.0 Å². The number of rotatable bonds is 14. The summed E-state index contributed by atoms with van der Waals surface area (Å²) in [6.45, 7) is 5.22. The summed E-state index contributed by atoms with van der Waals surface area (Å²) in [6.07, 6.45) is 0.549. The summed E-state index contributed by atoms with van der Waals surface area (Å²) < 4.78 is 12.0. The predicted molar refractivity (Wildman–Crippen MR) is 200 cm³/mol. The Kier molecular flexibility index (Phi) is 18.5. The minimum absolute atomic E-state index is 0. The summed E-state index contributed by atoms with van der Waals surface area (Å²) in [4.78, 5) is 0. The monoisotopic (exact) mass is 811 g/mol. The van der Waals surface area contributed by atoms with E-state index in [2.05, 4.69) is 104 Å². The standard InChI is InChI=1S/C35H39N6O2PS2.BrH.Cu/c1-4-43-29-22-20-28(21-23-29)33(39-40-34(45)36-3)27(2)38-41-35(46)37-24-25-42-26-44(30-14-8-5-9-15-30,31-16-10-6-11-17-31)32-18-12-7-13-19-32;;/h5-23H,4,24-26H2,1-3H3,(H3-,36,37,38,39,40,41,45,46);1H;/q;;+2/p-2. The van der Waals surface area contributed by atoms with Crippen molar-refractivity contribution >= 4 is 70.2 Å². The largest absolute Gasteiger partial charge is 2.00 e. The van der Waals surface area contributed by atoms with Crippen molar-refractivity contribution in [3.05, 3.63) is 121 Å². The molecule has 0 aliphatic rings. The maximum atomic E-state index is 6.42. The fourth-order valence-corrected chi connectivity index (χ4v) is 8.68. The Morgan fingerprint density at radius 2 is 1.21 bits per heavy atom. The van der Waals surface area contributed by atoms with Gasteiger partial charge in [-0.2, -0.15) is 15.3 Å². The SMILES string of the molecule is CCOc1ccc(C(=NN=C([S-])NC)C(C)=NN=C([S-])NCCOC[P+](c2ccccc2)(c2ccccc2)c2ccccc2)cc1.[Br-].[Cu+2]. The number of halogens is 1. The van der Waals surface area contributed by atoms with Crippen LogP contribution in [0.3, 0.4) is 0 Å². The Hall–Kier alpha value is -3.21. The Morgan fingerprint density at radius 3 is 1.69 bits per heavy atom. The molecule has 4 aromatic rings. The van der Waals surface area contributed by atoms with Gasteiger partial charge in [-0.15, -0.1) is 5.10 Å². The molecular weight excluding hydrogens is 775 g/mol. The molecule has 4 rings (SSSR count). The number of ether oxygens (including phenoxy) is 2. The van der Waals surface area contributed by atoms with Gasteiger partial charge in [-0.1, -0.05) is 54.6 Å². The first-order valence-corrected chi connectivity index (χ1v) is 17.7. The average molecular weight is 813 g/mol. The molecule has 0 aromatic heterocycles. The molecule has 0 heterocycles. The quantitative estimate of drug-likeness (QED) is 0.0384. The number of hydrogen-bond donors (Lipinski definition) is 2. The van der Waals surface area contributed by atoms with E-state index in [-0.39, 0.29) is 44.4 Å². The second-order valence-corrected chi connectivity index (χ2v) is 14.1. The molecule has 0 atom stereocenters. The van der Waals surface area contributed by atoms with E-state index in [0.717, 1.165) is 11.3 Å². The maximum Gasteiger partial charge on any atom is 2.00 e. The van der Waals surface area contributed by atoms with Gasteiger partial charge >= 0.3 is 17.1 Å². The summed E-state index contributed by atoms with van der Waals surface area (Å²) in [7, 11) is -0.389. The minimum atomic E-state index is -2.08. The van der Waals surface area contributed by atoms with Crippen molar-refractivity contribution in [1.82, 2.24) is 10.6 Å². The number of nitrogens with one attached hydrogen (secondary N) is 2. The second kappa shape index (κ2) is 21.7. The first kappa shape index (κ1) is 41.0. The van der Waals surface area contributed by atoms with Gasteiger partial charge in [-0.05, 0) is 84.8 Å². The van der Waals surface area contributed by atoms with Crippen molar-refractivity contribution in [1.29, 1.82) is 0 Å². The van der Waals surface area contributed by atoms with Gasteiger partial charge in [-0.3, -0.25) is 0 Å². The van der Waals surface area contributed by atoms with Crippen LogP contribution in [0.2, 0.25) is 0 Å². The summed E-state index contributed by atoms with van der Waals surface area (Å²) in [5, 5.41) is 27.2. The van der Waals surface area contributed by atoms with Gasteiger partial charge in [0.2, 0.25) is 0 Å². The normalized spacial score (nSPS) is 12.4. The van der Waals surface area contributed by atoms with Gasteiger partial charge in [-0.25, -0.2) is 0 Å². The summed E-state index contributed by atoms with van der Waals surface area (Å²) in [5.41, 5.74) is 1.82. The summed E-state index contributed by atoms with van der Waals surface area (Å²) in [5.74, 6) is 0.760. The Morgan fingerprint density at radius 1 is 0.708 bits per heavy atom. The van der Waals surface area contributed by atoms with E-state index in [0.29, 0.717) is 37.5 Å². The third-order valence-corrected chi connectivity index (χ3v) is 11.5. The molecule has 2 N–H and O–H groups in total. The van der Waals surface area contributed by atoms with Crippen LogP contribution in [-0.2, 0) is 47.1 Å². The second-order valence-electron chi connectivity index (χ2n) is 9.93. The van der Waals surface area contributed by atoms with Gasteiger partial charge in [0.25, 0.3) is 0 Å². The Labute approximate surface area is 316 Å². The molecule has 48 heavy (non-hydrogen) atoms. The fourth-order valence-electron chi connectivity index (χ4n) is 4.71. The molecule has 0 unspecified atom stereocenters. The van der Waals surface area contributed by atoms with Gasteiger partial charge in [0.15, 0.2) is 6.35 Å². The maximum absolute atomic E-state index is 6.42. The van der Waals surface area contributed by atoms with Crippen LogP contribution in [0.15, 0.2) is 136 Å². The summed E-state index contributed by atoms with van der Waals surface area (Å²) in [6, 6.07) is 39.4. The zero-order chi connectivity index (χ0) is 32.6. The molecule has 1 radical (unpaired) electrons. The van der Waals surface area contributed by atoms with Gasteiger partial charge in [0, 0.05) is 19.2 Å². The van der Waals surface area contributed by atoms with E-state index < -0.39 is 7.26 Å². The molecule has 255 valence electrons. The van der Waals surface area contributed by atoms with Crippen LogP contribution in [0, 0.1) is 0 Å². The minimum Gasteiger partial charge on any atom is -1.00 e. The molecule has 0 saturated carbocycles. The van der Waals surface area contributed by atoms with E-state index in [1.807, 2.05) is 49.4 Å². The van der Waals surface area contributed by atoms with Crippen LogP contribution < -0.4 is 48.3 Å². The van der Waals surface area contributed by atoms with Gasteiger partial charge in [0.1, 0.15) is 34.6 Å². The van der Waals surface area contributed by atoms with E-state index >= 15 is 0 Å². The first-order chi connectivity index (χ1) is 22.5. The molecule has 0 spiro atoms. The number of amidine groups is 2.